The molecule has 0 radical (unpaired) electrons. The molecule has 0 saturated heterocycles. The van der Waals surface area contributed by atoms with Gasteiger partial charge in [-0.2, -0.15) is 0 Å². The molecule has 0 heterocycles. The van der Waals surface area contributed by atoms with Crippen molar-refractivity contribution >= 4 is 0 Å². The molecule has 0 aliphatic carbocycles. The van der Waals surface area contributed by atoms with Gasteiger partial charge in [-0.3, -0.25) is 0 Å². The lowest BCUT2D eigenvalue weighted by molar-refractivity contribution is -0.168. The molecule has 0 fully saturated rings. The van der Waals surface area contributed by atoms with Gasteiger partial charge in [0.15, 0.2) is 0 Å². The molecule has 2 N–H and O–H groups in total. The highest BCUT2D eigenvalue weighted by Crippen LogP contribution is 2.19. The van der Waals surface area contributed by atoms with Crippen LogP contribution in [0.1, 0.15) is 16.7 Å². The van der Waals surface area contributed by atoms with Gasteiger partial charge in [-0.05, 0) is 16.7 Å². The second kappa shape index (κ2) is 13.7. The summed E-state index contributed by atoms with van der Waals surface area (Å²) in [5.41, 5.74) is 2.92. The van der Waals surface area contributed by atoms with E-state index in [9.17, 15) is 10.2 Å². The zero-order valence-corrected chi connectivity index (χ0v) is 18.7. The van der Waals surface area contributed by atoms with Crippen LogP contribution in [0.2, 0.25) is 0 Å². The molecule has 0 aromatic heterocycles. The minimum absolute atomic E-state index is 0.0312. The predicted molar refractivity (Wildman–Crippen MR) is 128 cm³/mol. The van der Waals surface area contributed by atoms with Gasteiger partial charge in [-0.25, -0.2) is 0 Å². The smallest absolute Gasteiger partial charge is 0.116 e. The van der Waals surface area contributed by atoms with Crippen LogP contribution in [0.5, 0.6) is 0 Å². The molecule has 5 heteroatoms. The molecule has 0 aliphatic heterocycles. The molecule has 3 aromatic carbocycles. The highest BCUT2D eigenvalue weighted by atomic mass is 16.6. The van der Waals surface area contributed by atoms with Crippen LogP contribution in [0.15, 0.2) is 104 Å². The van der Waals surface area contributed by atoms with E-state index in [-0.39, 0.29) is 19.8 Å². The van der Waals surface area contributed by atoms with Crippen molar-refractivity contribution in [3.8, 4) is 0 Å². The van der Waals surface area contributed by atoms with E-state index < -0.39 is 24.4 Å². The minimum atomic E-state index is -1.03. The molecule has 0 saturated carbocycles. The zero-order chi connectivity index (χ0) is 23.3. The molecule has 0 amide bonds. The summed E-state index contributed by atoms with van der Waals surface area (Å²) in [6.07, 6.45) is -2.32. The van der Waals surface area contributed by atoms with E-state index in [2.05, 4.69) is 6.58 Å². The molecular formula is C28H32O5. The SMILES string of the molecule is C=C[C@@H](O)[C@@H](OCc1ccccc1)[C@H](OCc1ccccc1)[C@@H](O)COCc1ccccc1. The first-order valence-electron chi connectivity index (χ1n) is 11.1. The van der Waals surface area contributed by atoms with Gasteiger partial charge < -0.3 is 24.4 Å². The summed E-state index contributed by atoms with van der Waals surface area (Å²) in [5, 5.41) is 21.6. The Kier molecular flexibility index (Phi) is 10.3. The van der Waals surface area contributed by atoms with Crippen LogP contribution in [-0.4, -0.2) is 41.2 Å². The summed E-state index contributed by atoms with van der Waals surface area (Å²) in [7, 11) is 0. The van der Waals surface area contributed by atoms with E-state index in [1.165, 1.54) is 6.08 Å². The number of aliphatic hydroxyl groups excluding tert-OH is 2. The standard InChI is InChI=1S/C28H32O5/c1-2-25(29)27(32-19-23-14-8-4-9-15-23)28(33-20-24-16-10-5-11-17-24)26(30)21-31-18-22-12-6-3-7-13-22/h2-17,25-30H,1,18-21H2/t25-,26+,27-,28-/m1/s1. The van der Waals surface area contributed by atoms with Gasteiger partial charge in [0.2, 0.25) is 0 Å². The first-order chi connectivity index (χ1) is 16.2. The lowest BCUT2D eigenvalue weighted by atomic mass is 10.0. The highest BCUT2D eigenvalue weighted by molar-refractivity contribution is 5.15. The van der Waals surface area contributed by atoms with E-state index in [4.69, 9.17) is 14.2 Å². The van der Waals surface area contributed by atoms with Gasteiger partial charge in [-0.1, -0.05) is 97.1 Å². The summed E-state index contributed by atoms with van der Waals surface area (Å²) in [4.78, 5) is 0. The Bertz CT molecular complexity index is 917. The van der Waals surface area contributed by atoms with Crippen LogP contribution in [0.4, 0.5) is 0 Å². The summed E-state index contributed by atoms with van der Waals surface area (Å²) >= 11 is 0. The van der Waals surface area contributed by atoms with Crippen molar-refractivity contribution in [2.45, 2.75) is 44.2 Å². The number of aliphatic hydroxyl groups is 2. The zero-order valence-electron chi connectivity index (χ0n) is 18.7. The average Bonchev–Trinajstić information content (AvgIpc) is 2.87. The predicted octanol–water partition coefficient (Wildman–Crippen LogP) is 4.28. The van der Waals surface area contributed by atoms with Crippen LogP contribution < -0.4 is 0 Å². The summed E-state index contributed by atoms with van der Waals surface area (Å²) in [6.45, 7) is 4.62. The van der Waals surface area contributed by atoms with E-state index >= 15 is 0 Å². The van der Waals surface area contributed by atoms with E-state index in [0.29, 0.717) is 6.61 Å². The number of hydrogen-bond donors (Lipinski definition) is 2. The average molecular weight is 449 g/mol. The molecule has 0 spiro atoms. The van der Waals surface area contributed by atoms with Crippen molar-refractivity contribution in [3.63, 3.8) is 0 Å². The Morgan fingerprint density at radius 2 is 1.06 bits per heavy atom. The van der Waals surface area contributed by atoms with Crippen molar-refractivity contribution in [2.75, 3.05) is 6.61 Å². The van der Waals surface area contributed by atoms with Gasteiger partial charge in [0.05, 0.1) is 26.4 Å². The molecule has 5 nitrogen and oxygen atoms in total. The van der Waals surface area contributed by atoms with Gasteiger partial charge >= 0.3 is 0 Å². The summed E-state index contributed by atoms with van der Waals surface area (Å²) < 4.78 is 17.9. The van der Waals surface area contributed by atoms with Crippen molar-refractivity contribution in [1.29, 1.82) is 0 Å². The van der Waals surface area contributed by atoms with Crippen molar-refractivity contribution in [2.24, 2.45) is 0 Å². The largest absolute Gasteiger partial charge is 0.388 e. The van der Waals surface area contributed by atoms with E-state index in [1.54, 1.807) is 0 Å². The fourth-order valence-electron chi connectivity index (χ4n) is 3.45. The summed E-state index contributed by atoms with van der Waals surface area (Å²) in [6, 6.07) is 29.1. The molecule has 4 atom stereocenters. The van der Waals surface area contributed by atoms with Crippen molar-refractivity contribution < 1.29 is 24.4 Å². The maximum Gasteiger partial charge on any atom is 0.116 e. The summed E-state index contributed by atoms with van der Waals surface area (Å²) in [5.74, 6) is 0. The highest BCUT2D eigenvalue weighted by Gasteiger charge is 2.34. The van der Waals surface area contributed by atoms with Crippen molar-refractivity contribution in [3.05, 3.63) is 120 Å². The Labute approximate surface area is 195 Å². The van der Waals surface area contributed by atoms with Gasteiger partial charge in [0.1, 0.15) is 24.4 Å². The number of rotatable bonds is 14. The normalized spacial score (nSPS) is 14.8. The second-order valence-corrected chi connectivity index (χ2v) is 7.82. The topological polar surface area (TPSA) is 68.2 Å². The van der Waals surface area contributed by atoms with Crippen LogP contribution in [0.25, 0.3) is 0 Å². The third-order valence-electron chi connectivity index (χ3n) is 5.25. The molecular weight excluding hydrogens is 416 g/mol. The number of benzene rings is 3. The van der Waals surface area contributed by atoms with Gasteiger partial charge in [-0.15, -0.1) is 6.58 Å². The van der Waals surface area contributed by atoms with E-state index in [0.717, 1.165) is 16.7 Å². The van der Waals surface area contributed by atoms with Crippen LogP contribution in [-0.2, 0) is 34.0 Å². The van der Waals surface area contributed by atoms with Gasteiger partial charge in [0, 0.05) is 0 Å². The van der Waals surface area contributed by atoms with Crippen molar-refractivity contribution in [1.82, 2.24) is 0 Å². The molecule has 0 unspecified atom stereocenters. The maximum absolute atomic E-state index is 11.0. The quantitative estimate of drug-likeness (QED) is 0.360. The third-order valence-corrected chi connectivity index (χ3v) is 5.25. The molecule has 3 rings (SSSR count). The number of ether oxygens (including phenoxy) is 3. The fourth-order valence-corrected chi connectivity index (χ4v) is 3.45. The Hall–Kier alpha value is -2.80. The number of hydrogen-bond acceptors (Lipinski definition) is 5. The van der Waals surface area contributed by atoms with Gasteiger partial charge in [0.25, 0.3) is 0 Å². The third kappa shape index (κ3) is 8.24. The minimum Gasteiger partial charge on any atom is -0.388 e. The molecule has 3 aromatic rings. The Morgan fingerprint density at radius 3 is 1.52 bits per heavy atom. The monoisotopic (exact) mass is 448 g/mol. The first-order valence-corrected chi connectivity index (χ1v) is 11.1. The molecule has 0 aliphatic rings. The Morgan fingerprint density at radius 1 is 0.636 bits per heavy atom. The molecule has 33 heavy (non-hydrogen) atoms. The lowest BCUT2D eigenvalue weighted by Gasteiger charge is -2.33. The van der Waals surface area contributed by atoms with Crippen LogP contribution in [0, 0.1) is 0 Å². The second-order valence-electron chi connectivity index (χ2n) is 7.82. The van der Waals surface area contributed by atoms with Crippen LogP contribution >= 0.6 is 0 Å². The molecule has 174 valence electrons. The fraction of sp³-hybridized carbons (Fsp3) is 0.286. The maximum atomic E-state index is 11.0. The first kappa shape index (κ1) is 24.8. The lowest BCUT2D eigenvalue weighted by Crippen LogP contribution is -2.48. The van der Waals surface area contributed by atoms with E-state index in [1.807, 2.05) is 91.0 Å². The molecule has 0 bridgehead atoms. The van der Waals surface area contributed by atoms with Crippen LogP contribution in [0.3, 0.4) is 0 Å². The Balaban J connectivity index is 1.70.